The molecule has 0 radical (unpaired) electrons. The molecule has 0 bridgehead atoms. The van der Waals surface area contributed by atoms with Gasteiger partial charge in [0.2, 0.25) is 0 Å². The minimum Gasteiger partial charge on any atom is -0.383 e. The van der Waals surface area contributed by atoms with Gasteiger partial charge in [0.1, 0.15) is 0 Å². The van der Waals surface area contributed by atoms with Crippen LogP contribution in [0.15, 0.2) is 10.6 Å². The number of methoxy groups -OCH3 is 1. The number of ether oxygens (including phenoxy) is 1. The van der Waals surface area contributed by atoms with Crippen molar-refractivity contribution in [3.05, 3.63) is 22.5 Å². The molecule has 18 heavy (non-hydrogen) atoms. The van der Waals surface area contributed by atoms with Crippen molar-refractivity contribution in [2.24, 2.45) is 0 Å². The van der Waals surface area contributed by atoms with Crippen LogP contribution in [0, 0.1) is 13.8 Å². The Balaban J connectivity index is 1.99. The number of hydrogen-bond donors (Lipinski definition) is 1. The minimum atomic E-state index is 0.684. The standard InChI is InChI=1S/C12H17N3O2S/c1-8-12(18-9(2)14-8)11-6-10(15-17-11)7-13-4-5-16-3/h6,13H,4-5,7H2,1-3H3. The van der Waals surface area contributed by atoms with Gasteiger partial charge < -0.3 is 14.6 Å². The fourth-order valence-electron chi connectivity index (χ4n) is 1.65. The fraction of sp³-hybridized carbons (Fsp3) is 0.500. The summed E-state index contributed by atoms with van der Waals surface area (Å²) in [5, 5.41) is 8.31. The topological polar surface area (TPSA) is 60.2 Å². The lowest BCUT2D eigenvalue weighted by atomic mass is 10.3. The molecule has 6 heteroatoms. The van der Waals surface area contributed by atoms with E-state index in [2.05, 4.69) is 15.5 Å². The molecular formula is C12H17N3O2S. The Morgan fingerprint density at radius 3 is 2.94 bits per heavy atom. The van der Waals surface area contributed by atoms with Gasteiger partial charge in [-0.2, -0.15) is 0 Å². The molecule has 0 unspecified atom stereocenters. The van der Waals surface area contributed by atoms with Gasteiger partial charge >= 0.3 is 0 Å². The number of aryl methyl sites for hydroxylation is 2. The third-order valence-corrected chi connectivity index (χ3v) is 3.56. The average Bonchev–Trinajstić information content (AvgIpc) is 2.91. The molecule has 5 nitrogen and oxygen atoms in total. The van der Waals surface area contributed by atoms with Crippen molar-refractivity contribution in [1.82, 2.24) is 15.5 Å². The van der Waals surface area contributed by atoms with E-state index in [0.717, 1.165) is 33.6 Å². The molecule has 2 aromatic heterocycles. The van der Waals surface area contributed by atoms with Gasteiger partial charge in [0, 0.05) is 26.3 Å². The number of hydrogen-bond acceptors (Lipinski definition) is 6. The highest BCUT2D eigenvalue weighted by atomic mass is 32.1. The highest BCUT2D eigenvalue weighted by Crippen LogP contribution is 2.29. The van der Waals surface area contributed by atoms with Crippen molar-refractivity contribution >= 4 is 11.3 Å². The molecule has 2 rings (SSSR count). The van der Waals surface area contributed by atoms with E-state index in [0.29, 0.717) is 13.2 Å². The summed E-state index contributed by atoms with van der Waals surface area (Å²) in [4.78, 5) is 5.44. The maximum Gasteiger partial charge on any atom is 0.179 e. The van der Waals surface area contributed by atoms with Crippen LogP contribution in [0.1, 0.15) is 16.4 Å². The third-order valence-electron chi connectivity index (χ3n) is 2.48. The van der Waals surface area contributed by atoms with E-state index < -0.39 is 0 Å². The van der Waals surface area contributed by atoms with Crippen molar-refractivity contribution in [1.29, 1.82) is 0 Å². The van der Waals surface area contributed by atoms with Crippen molar-refractivity contribution < 1.29 is 9.26 Å². The maximum absolute atomic E-state index is 5.35. The minimum absolute atomic E-state index is 0.684. The Kier molecular flexibility index (Phi) is 4.46. The monoisotopic (exact) mass is 267 g/mol. The fourth-order valence-corrected chi connectivity index (χ4v) is 2.52. The third kappa shape index (κ3) is 3.16. The van der Waals surface area contributed by atoms with E-state index in [1.54, 1.807) is 18.4 Å². The van der Waals surface area contributed by atoms with Crippen LogP contribution in [0.2, 0.25) is 0 Å². The molecule has 0 aliphatic carbocycles. The van der Waals surface area contributed by atoms with Gasteiger partial charge in [-0.25, -0.2) is 4.98 Å². The summed E-state index contributed by atoms with van der Waals surface area (Å²) in [6, 6.07) is 1.96. The van der Waals surface area contributed by atoms with Crippen LogP contribution in [0.3, 0.4) is 0 Å². The molecule has 0 saturated carbocycles. The molecule has 98 valence electrons. The highest BCUT2D eigenvalue weighted by molar-refractivity contribution is 7.15. The van der Waals surface area contributed by atoms with Crippen LogP contribution in [-0.2, 0) is 11.3 Å². The van der Waals surface area contributed by atoms with Gasteiger partial charge in [-0.05, 0) is 13.8 Å². The summed E-state index contributed by atoms with van der Waals surface area (Å²) >= 11 is 1.63. The number of nitrogens with zero attached hydrogens (tertiary/aromatic N) is 2. The van der Waals surface area contributed by atoms with Crippen LogP contribution < -0.4 is 5.32 Å². The van der Waals surface area contributed by atoms with Crippen LogP contribution in [-0.4, -0.2) is 30.4 Å². The largest absolute Gasteiger partial charge is 0.383 e. The second-order valence-corrected chi connectivity index (χ2v) is 5.20. The van der Waals surface area contributed by atoms with E-state index in [9.17, 15) is 0 Å². The predicted molar refractivity (Wildman–Crippen MR) is 70.7 cm³/mol. The number of thiazole rings is 1. The van der Waals surface area contributed by atoms with Crippen molar-refractivity contribution in [2.45, 2.75) is 20.4 Å². The normalized spacial score (nSPS) is 11.1. The van der Waals surface area contributed by atoms with Crippen molar-refractivity contribution in [2.75, 3.05) is 20.3 Å². The first-order valence-corrected chi connectivity index (χ1v) is 6.62. The SMILES string of the molecule is COCCNCc1cc(-c2sc(C)nc2C)on1. The number of aromatic nitrogens is 2. The summed E-state index contributed by atoms with van der Waals surface area (Å²) < 4.78 is 10.3. The van der Waals surface area contributed by atoms with E-state index in [1.807, 2.05) is 19.9 Å². The quantitative estimate of drug-likeness (QED) is 0.813. The smallest absolute Gasteiger partial charge is 0.179 e. The molecular weight excluding hydrogens is 250 g/mol. The predicted octanol–water partition coefficient (Wildman–Crippen LogP) is 2.15. The Morgan fingerprint density at radius 1 is 1.44 bits per heavy atom. The molecule has 0 spiro atoms. The van der Waals surface area contributed by atoms with E-state index in [1.165, 1.54) is 0 Å². The molecule has 0 amide bonds. The van der Waals surface area contributed by atoms with Crippen molar-refractivity contribution in [3.63, 3.8) is 0 Å². The molecule has 2 aromatic rings. The first-order chi connectivity index (χ1) is 8.70. The first-order valence-electron chi connectivity index (χ1n) is 5.80. The Bertz CT molecular complexity index is 507. The van der Waals surface area contributed by atoms with Crippen LogP contribution in [0.5, 0.6) is 0 Å². The summed E-state index contributed by atoms with van der Waals surface area (Å²) in [6.07, 6.45) is 0. The molecule has 0 saturated heterocycles. The Labute approximate surface area is 110 Å². The number of nitrogens with one attached hydrogen (secondary N) is 1. The lowest BCUT2D eigenvalue weighted by molar-refractivity contribution is 0.199. The second kappa shape index (κ2) is 6.08. The van der Waals surface area contributed by atoms with Crippen molar-refractivity contribution in [3.8, 4) is 10.6 Å². The second-order valence-electron chi connectivity index (χ2n) is 4.00. The van der Waals surface area contributed by atoms with Gasteiger partial charge in [0.15, 0.2) is 5.76 Å². The molecule has 0 aliphatic rings. The average molecular weight is 267 g/mol. The van der Waals surface area contributed by atoms with E-state index in [4.69, 9.17) is 9.26 Å². The lowest BCUT2D eigenvalue weighted by Crippen LogP contribution is -2.18. The molecule has 0 aromatic carbocycles. The Hall–Kier alpha value is -1.24. The zero-order valence-corrected chi connectivity index (χ0v) is 11.6. The summed E-state index contributed by atoms with van der Waals surface area (Å²) in [5.41, 5.74) is 1.89. The van der Waals surface area contributed by atoms with Crippen LogP contribution in [0.25, 0.3) is 10.6 Å². The molecule has 0 aliphatic heterocycles. The lowest BCUT2D eigenvalue weighted by Gasteiger charge is -1.99. The van der Waals surface area contributed by atoms with Gasteiger partial charge in [0.25, 0.3) is 0 Å². The Morgan fingerprint density at radius 2 is 2.28 bits per heavy atom. The maximum atomic E-state index is 5.35. The van der Waals surface area contributed by atoms with Crippen LogP contribution in [0.4, 0.5) is 0 Å². The van der Waals surface area contributed by atoms with E-state index >= 15 is 0 Å². The molecule has 2 heterocycles. The first kappa shape index (κ1) is 13.2. The summed E-state index contributed by atoms with van der Waals surface area (Å²) in [7, 11) is 1.69. The molecule has 0 atom stereocenters. The number of rotatable bonds is 6. The van der Waals surface area contributed by atoms with Crippen LogP contribution >= 0.6 is 11.3 Å². The van der Waals surface area contributed by atoms with Gasteiger partial charge in [-0.15, -0.1) is 11.3 Å². The summed E-state index contributed by atoms with van der Waals surface area (Å²) in [6.45, 7) is 6.15. The van der Waals surface area contributed by atoms with Gasteiger partial charge in [-0.3, -0.25) is 0 Å². The van der Waals surface area contributed by atoms with Gasteiger partial charge in [0.05, 0.1) is 27.9 Å². The zero-order valence-electron chi connectivity index (χ0n) is 10.8. The van der Waals surface area contributed by atoms with Gasteiger partial charge in [-0.1, -0.05) is 5.16 Å². The highest BCUT2D eigenvalue weighted by Gasteiger charge is 2.12. The summed E-state index contributed by atoms with van der Waals surface area (Å²) in [5.74, 6) is 0.793. The van der Waals surface area contributed by atoms with E-state index in [-0.39, 0.29) is 0 Å². The zero-order chi connectivity index (χ0) is 13.0. The molecule has 1 N–H and O–H groups in total. The molecule has 0 fully saturated rings.